The van der Waals surface area contributed by atoms with Crippen LogP contribution in [0.2, 0.25) is 0 Å². The molecule has 0 aliphatic carbocycles. The number of benzene rings is 3. The zero-order valence-electron chi connectivity index (χ0n) is 11.9. The second-order valence-corrected chi connectivity index (χ2v) is 4.89. The number of ether oxygens (including phenoxy) is 1. The van der Waals surface area contributed by atoms with E-state index in [4.69, 9.17) is 4.74 Å². The van der Waals surface area contributed by atoms with Crippen LogP contribution in [0.4, 0.5) is 0 Å². The van der Waals surface area contributed by atoms with Crippen molar-refractivity contribution in [2.24, 2.45) is 0 Å². The Bertz CT molecular complexity index is 792. The molecule has 0 aromatic heterocycles. The maximum absolute atomic E-state index is 12.1. The van der Waals surface area contributed by atoms with Crippen LogP contribution < -0.4 is 0 Å². The highest BCUT2D eigenvalue weighted by Crippen LogP contribution is 2.33. The molecule has 21 heavy (non-hydrogen) atoms. The predicted molar refractivity (Wildman–Crippen MR) is 87.1 cm³/mol. The first kappa shape index (κ1) is 13.4. The van der Waals surface area contributed by atoms with Crippen molar-refractivity contribution < 1.29 is 9.53 Å². The molecule has 0 N–H and O–H groups in total. The molecule has 0 radical (unpaired) electrons. The van der Waals surface area contributed by atoms with Crippen LogP contribution in [0.15, 0.2) is 61.2 Å². The highest BCUT2D eigenvalue weighted by molar-refractivity contribution is 6.24. The molecule has 0 amide bonds. The van der Waals surface area contributed by atoms with Gasteiger partial charge in [-0.2, -0.15) is 0 Å². The molecule has 0 fully saturated rings. The summed E-state index contributed by atoms with van der Waals surface area (Å²) >= 11 is 0. The van der Waals surface area contributed by atoms with E-state index in [0.717, 1.165) is 27.1 Å². The van der Waals surface area contributed by atoms with E-state index in [1.165, 1.54) is 0 Å². The van der Waals surface area contributed by atoms with Gasteiger partial charge in [0, 0.05) is 5.56 Å². The molecular weight excluding hydrogens is 260 g/mol. The Kier molecular flexibility index (Phi) is 3.44. The minimum absolute atomic E-state index is 0.348. The smallest absolute Gasteiger partial charge is 0.338 e. The third-order valence-corrected chi connectivity index (χ3v) is 3.59. The van der Waals surface area contributed by atoms with Crippen molar-refractivity contribution in [3.05, 3.63) is 66.7 Å². The molecule has 3 aromatic rings. The highest BCUT2D eigenvalue weighted by Gasteiger charge is 2.16. The summed E-state index contributed by atoms with van der Waals surface area (Å²) in [5, 5.41) is 4.23. The SMILES string of the molecule is C=C(C(=O)OCC)c1c2ccccc2cc2ccccc12. The van der Waals surface area contributed by atoms with Gasteiger partial charge in [-0.25, -0.2) is 4.79 Å². The van der Waals surface area contributed by atoms with E-state index in [9.17, 15) is 4.79 Å². The second-order valence-electron chi connectivity index (χ2n) is 4.89. The van der Waals surface area contributed by atoms with Crippen molar-refractivity contribution in [2.45, 2.75) is 6.92 Å². The van der Waals surface area contributed by atoms with Gasteiger partial charge in [-0.3, -0.25) is 0 Å². The van der Waals surface area contributed by atoms with Gasteiger partial charge in [0.05, 0.1) is 12.2 Å². The summed E-state index contributed by atoms with van der Waals surface area (Å²) in [7, 11) is 0. The zero-order chi connectivity index (χ0) is 14.8. The number of carbonyl (C=O) groups excluding carboxylic acids is 1. The molecule has 0 aliphatic rings. The molecule has 0 bridgehead atoms. The largest absolute Gasteiger partial charge is 0.462 e. The van der Waals surface area contributed by atoms with E-state index in [0.29, 0.717) is 12.2 Å². The number of hydrogen-bond acceptors (Lipinski definition) is 2. The average Bonchev–Trinajstić information content (AvgIpc) is 2.52. The van der Waals surface area contributed by atoms with Crippen LogP contribution in [-0.4, -0.2) is 12.6 Å². The number of esters is 1. The van der Waals surface area contributed by atoms with Crippen molar-refractivity contribution in [2.75, 3.05) is 6.61 Å². The predicted octanol–water partition coefficient (Wildman–Crippen LogP) is 4.57. The van der Waals surface area contributed by atoms with Crippen molar-refractivity contribution in [3.63, 3.8) is 0 Å². The lowest BCUT2D eigenvalue weighted by molar-refractivity contribution is -0.136. The summed E-state index contributed by atoms with van der Waals surface area (Å²) in [5.41, 5.74) is 1.27. The summed E-state index contributed by atoms with van der Waals surface area (Å²) in [6.45, 7) is 6.11. The monoisotopic (exact) mass is 276 g/mol. The number of fused-ring (bicyclic) bond motifs is 2. The Hall–Kier alpha value is -2.61. The van der Waals surface area contributed by atoms with Crippen molar-refractivity contribution in [1.29, 1.82) is 0 Å². The van der Waals surface area contributed by atoms with E-state index in [1.54, 1.807) is 6.92 Å². The fraction of sp³-hybridized carbons (Fsp3) is 0.105. The lowest BCUT2D eigenvalue weighted by Crippen LogP contribution is -2.06. The molecule has 2 heteroatoms. The van der Waals surface area contributed by atoms with Crippen LogP contribution in [0, 0.1) is 0 Å². The van der Waals surface area contributed by atoms with Gasteiger partial charge >= 0.3 is 5.97 Å². The molecule has 0 atom stereocenters. The summed E-state index contributed by atoms with van der Waals surface area (Å²) in [6.07, 6.45) is 0. The lowest BCUT2D eigenvalue weighted by Gasteiger charge is -2.13. The van der Waals surface area contributed by atoms with Gasteiger partial charge in [0.2, 0.25) is 0 Å². The standard InChI is InChI=1S/C19H16O2/c1-3-21-19(20)13(2)18-16-10-6-4-8-14(16)12-15-9-5-7-11-17(15)18/h4-12H,2-3H2,1H3. The van der Waals surface area contributed by atoms with Crippen LogP contribution in [-0.2, 0) is 9.53 Å². The topological polar surface area (TPSA) is 26.3 Å². The molecule has 3 aromatic carbocycles. The summed E-state index contributed by atoms with van der Waals surface area (Å²) in [4.78, 5) is 12.1. The first-order chi connectivity index (χ1) is 10.2. The molecule has 0 saturated carbocycles. The van der Waals surface area contributed by atoms with Crippen LogP contribution >= 0.6 is 0 Å². The van der Waals surface area contributed by atoms with E-state index < -0.39 is 0 Å². The molecule has 0 heterocycles. The molecule has 0 unspecified atom stereocenters. The van der Waals surface area contributed by atoms with Crippen molar-refractivity contribution in [1.82, 2.24) is 0 Å². The average molecular weight is 276 g/mol. The fourth-order valence-corrected chi connectivity index (χ4v) is 2.66. The lowest BCUT2D eigenvalue weighted by atomic mass is 9.92. The highest BCUT2D eigenvalue weighted by atomic mass is 16.5. The minimum atomic E-state index is -0.362. The van der Waals surface area contributed by atoms with Crippen LogP contribution in [0.1, 0.15) is 12.5 Å². The summed E-state index contributed by atoms with van der Waals surface area (Å²) in [5.74, 6) is -0.362. The van der Waals surface area contributed by atoms with Crippen molar-refractivity contribution in [3.8, 4) is 0 Å². The van der Waals surface area contributed by atoms with E-state index in [1.807, 2.05) is 48.5 Å². The molecule has 3 rings (SSSR count). The van der Waals surface area contributed by atoms with Gasteiger partial charge in [0.25, 0.3) is 0 Å². The summed E-state index contributed by atoms with van der Waals surface area (Å²) in [6, 6.07) is 18.2. The van der Waals surface area contributed by atoms with Gasteiger partial charge < -0.3 is 4.74 Å². The fourth-order valence-electron chi connectivity index (χ4n) is 2.66. The Morgan fingerprint density at radius 2 is 1.52 bits per heavy atom. The maximum atomic E-state index is 12.1. The molecular formula is C19H16O2. The summed E-state index contributed by atoms with van der Waals surface area (Å²) < 4.78 is 5.12. The molecule has 0 saturated heterocycles. The van der Waals surface area contributed by atoms with Crippen LogP contribution in [0.25, 0.3) is 27.1 Å². The third kappa shape index (κ3) is 2.29. The quantitative estimate of drug-likeness (QED) is 0.398. The first-order valence-electron chi connectivity index (χ1n) is 6.99. The Labute approximate surface area is 123 Å². The van der Waals surface area contributed by atoms with Crippen molar-refractivity contribution >= 4 is 33.1 Å². The van der Waals surface area contributed by atoms with Gasteiger partial charge in [-0.05, 0) is 34.5 Å². The molecule has 104 valence electrons. The Morgan fingerprint density at radius 1 is 1.00 bits per heavy atom. The number of rotatable bonds is 3. The van der Waals surface area contributed by atoms with Gasteiger partial charge in [-0.15, -0.1) is 0 Å². The third-order valence-electron chi connectivity index (χ3n) is 3.59. The first-order valence-corrected chi connectivity index (χ1v) is 6.99. The number of carbonyl (C=O) groups is 1. The van der Waals surface area contributed by atoms with Gasteiger partial charge in [-0.1, -0.05) is 55.1 Å². The minimum Gasteiger partial charge on any atom is -0.462 e. The Morgan fingerprint density at radius 3 is 2.05 bits per heavy atom. The normalized spacial score (nSPS) is 10.7. The molecule has 0 aliphatic heterocycles. The second kappa shape index (κ2) is 5.41. The van der Waals surface area contributed by atoms with E-state index in [2.05, 4.69) is 12.6 Å². The van der Waals surface area contributed by atoms with Gasteiger partial charge in [0.15, 0.2) is 0 Å². The van der Waals surface area contributed by atoms with E-state index in [-0.39, 0.29) is 5.97 Å². The zero-order valence-corrected chi connectivity index (χ0v) is 11.9. The van der Waals surface area contributed by atoms with Crippen LogP contribution in [0.3, 0.4) is 0 Å². The Balaban J connectivity index is 2.35. The number of hydrogen-bond donors (Lipinski definition) is 0. The van der Waals surface area contributed by atoms with Gasteiger partial charge in [0.1, 0.15) is 0 Å². The van der Waals surface area contributed by atoms with Crippen LogP contribution in [0.5, 0.6) is 0 Å². The molecule has 2 nitrogen and oxygen atoms in total. The maximum Gasteiger partial charge on any atom is 0.338 e. The van der Waals surface area contributed by atoms with E-state index >= 15 is 0 Å². The molecule has 0 spiro atoms.